The Balaban J connectivity index is 2.17. The van der Waals surface area contributed by atoms with Crippen LogP contribution in [0, 0.1) is 0 Å². The van der Waals surface area contributed by atoms with Crippen LogP contribution >= 0.6 is 0 Å². The van der Waals surface area contributed by atoms with E-state index in [2.05, 4.69) is 0 Å². The molecule has 0 aliphatic carbocycles. The molecule has 0 aromatic heterocycles. The second kappa shape index (κ2) is 12.7. The first kappa shape index (κ1) is 32.2. The van der Waals surface area contributed by atoms with Gasteiger partial charge in [0.1, 0.15) is 5.75 Å². The maximum Gasteiger partial charge on any atom is 0.416 e. The fourth-order valence-electron chi connectivity index (χ4n) is 4.46. The molecule has 224 valence electrons. The molecule has 0 amide bonds. The molecule has 3 rings (SSSR count). The van der Waals surface area contributed by atoms with Gasteiger partial charge in [-0.1, -0.05) is 26.0 Å². The highest BCUT2D eigenvalue weighted by Crippen LogP contribution is 2.39. The minimum absolute atomic E-state index is 0.121. The standard InChI is InChI=1S/C30H34F6N2O3/c1-18(2)20-7-10-27(40-5)26(14-20)25-9-8-22(29(31,32)33)13-21(25)17-38(28(39)41-6)16-19-11-23(30(34,35)36)15-24(12-19)37(3)4/h7-15,18,28,39H,16-17H2,1-6H3. The average Bonchev–Trinajstić information content (AvgIpc) is 2.90. The number of rotatable bonds is 10. The zero-order valence-corrected chi connectivity index (χ0v) is 23.7. The fraction of sp³-hybridized carbons (Fsp3) is 0.400. The Kier molecular flexibility index (Phi) is 9.99. The first-order chi connectivity index (χ1) is 19.0. The van der Waals surface area contributed by atoms with Gasteiger partial charge < -0.3 is 19.5 Å². The number of aliphatic hydroxyl groups is 1. The van der Waals surface area contributed by atoms with Gasteiger partial charge in [0.2, 0.25) is 6.41 Å². The summed E-state index contributed by atoms with van der Waals surface area (Å²) in [6.45, 7) is 3.43. The van der Waals surface area contributed by atoms with Crippen LogP contribution in [0.2, 0.25) is 0 Å². The summed E-state index contributed by atoms with van der Waals surface area (Å²) in [7, 11) is 5.83. The van der Waals surface area contributed by atoms with E-state index in [1.165, 1.54) is 36.2 Å². The molecular weight excluding hydrogens is 550 g/mol. The van der Waals surface area contributed by atoms with E-state index in [1.807, 2.05) is 26.0 Å². The van der Waals surface area contributed by atoms with Gasteiger partial charge in [0, 0.05) is 45.5 Å². The highest BCUT2D eigenvalue weighted by Gasteiger charge is 2.33. The Bertz CT molecular complexity index is 1340. The SMILES string of the molecule is COc1ccc(C(C)C)cc1-c1ccc(C(F)(F)F)cc1CN(Cc1cc(N(C)C)cc(C(F)(F)F)c1)C(O)OC. The number of anilines is 1. The van der Waals surface area contributed by atoms with Gasteiger partial charge in [0.05, 0.1) is 18.2 Å². The predicted octanol–water partition coefficient (Wildman–Crippen LogP) is 7.51. The lowest BCUT2D eigenvalue weighted by molar-refractivity contribution is -0.184. The molecule has 0 bridgehead atoms. The number of hydrogen-bond acceptors (Lipinski definition) is 5. The van der Waals surface area contributed by atoms with Crippen LogP contribution in [0.3, 0.4) is 0 Å². The number of methoxy groups -OCH3 is 2. The third-order valence-electron chi connectivity index (χ3n) is 6.72. The van der Waals surface area contributed by atoms with Gasteiger partial charge in [-0.05, 0) is 70.6 Å². The zero-order valence-electron chi connectivity index (χ0n) is 23.7. The van der Waals surface area contributed by atoms with Crippen LogP contribution in [0.5, 0.6) is 5.75 Å². The van der Waals surface area contributed by atoms with E-state index in [4.69, 9.17) is 9.47 Å². The molecule has 1 N–H and O–H groups in total. The number of benzene rings is 3. The summed E-state index contributed by atoms with van der Waals surface area (Å²) < 4.78 is 92.9. The van der Waals surface area contributed by atoms with Crippen LogP contribution in [0.25, 0.3) is 11.1 Å². The minimum atomic E-state index is -4.65. The van der Waals surface area contributed by atoms with Gasteiger partial charge in [-0.15, -0.1) is 0 Å². The Morgan fingerprint density at radius 1 is 0.780 bits per heavy atom. The second-order valence-electron chi connectivity index (χ2n) is 10.2. The van der Waals surface area contributed by atoms with Crippen molar-refractivity contribution in [1.82, 2.24) is 4.90 Å². The lowest BCUT2D eigenvalue weighted by atomic mass is 9.92. The minimum Gasteiger partial charge on any atom is -0.496 e. The smallest absolute Gasteiger partial charge is 0.416 e. The van der Waals surface area contributed by atoms with Gasteiger partial charge in [-0.3, -0.25) is 0 Å². The van der Waals surface area contributed by atoms with Crippen molar-refractivity contribution in [1.29, 1.82) is 0 Å². The summed E-state index contributed by atoms with van der Waals surface area (Å²) in [5.74, 6) is 0.555. The topological polar surface area (TPSA) is 45.2 Å². The second-order valence-corrected chi connectivity index (χ2v) is 10.2. The molecule has 0 aliphatic heterocycles. The van der Waals surface area contributed by atoms with Crippen molar-refractivity contribution < 1.29 is 40.9 Å². The number of alkyl halides is 6. The van der Waals surface area contributed by atoms with Crippen LogP contribution in [0.15, 0.2) is 54.6 Å². The average molecular weight is 585 g/mol. The molecule has 0 heterocycles. The third-order valence-corrected chi connectivity index (χ3v) is 6.72. The van der Waals surface area contributed by atoms with Crippen molar-refractivity contribution in [3.63, 3.8) is 0 Å². The summed E-state index contributed by atoms with van der Waals surface area (Å²) >= 11 is 0. The van der Waals surface area contributed by atoms with Crippen molar-refractivity contribution in [2.45, 2.75) is 51.6 Å². The van der Waals surface area contributed by atoms with Crippen LogP contribution in [-0.4, -0.2) is 44.7 Å². The molecule has 3 aromatic carbocycles. The summed E-state index contributed by atoms with van der Waals surface area (Å²) in [5.41, 5.74) is 0.739. The molecular formula is C30H34F6N2O3. The van der Waals surface area contributed by atoms with Crippen LogP contribution in [0.1, 0.15) is 47.6 Å². The molecule has 5 nitrogen and oxygen atoms in total. The molecule has 3 aromatic rings. The quantitative estimate of drug-likeness (QED) is 0.197. The number of aliphatic hydroxyl groups excluding tert-OH is 1. The first-order valence-electron chi connectivity index (χ1n) is 12.8. The highest BCUT2D eigenvalue weighted by atomic mass is 19.4. The molecule has 0 radical (unpaired) electrons. The largest absolute Gasteiger partial charge is 0.496 e. The lowest BCUT2D eigenvalue weighted by Crippen LogP contribution is -2.36. The number of halogens is 6. The Morgan fingerprint density at radius 3 is 1.98 bits per heavy atom. The molecule has 1 atom stereocenters. The van der Waals surface area contributed by atoms with Crippen molar-refractivity contribution in [3.05, 3.63) is 82.4 Å². The molecule has 11 heteroatoms. The maximum absolute atomic E-state index is 13.8. The lowest BCUT2D eigenvalue weighted by Gasteiger charge is -2.29. The molecule has 41 heavy (non-hydrogen) atoms. The number of ether oxygens (including phenoxy) is 2. The summed E-state index contributed by atoms with van der Waals surface area (Å²) in [5, 5.41) is 10.7. The zero-order chi connectivity index (χ0) is 30.7. The van der Waals surface area contributed by atoms with Crippen molar-refractivity contribution in [3.8, 4) is 16.9 Å². The molecule has 0 spiro atoms. The molecule has 1 unspecified atom stereocenters. The van der Waals surface area contributed by atoms with E-state index >= 15 is 0 Å². The van der Waals surface area contributed by atoms with Crippen molar-refractivity contribution >= 4 is 5.69 Å². The molecule has 0 saturated heterocycles. The summed E-state index contributed by atoms with van der Waals surface area (Å²) in [6.07, 6.45) is -10.9. The van der Waals surface area contributed by atoms with E-state index in [0.717, 1.165) is 29.8 Å². The normalized spacial score (nSPS) is 13.1. The van der Waals surface area contributed by atoms with Crippen LogP contribution < -0.4 is 9.64 Å². The van der Waals surface area contributed by atoms with E-state index in [1.54, 1.807) is 20.2 Å². The summed E-state index contributed by atoms with van der Waals surface area (Å²) in [6, 6.07) is 12.2. The monoisotopic (exact) mass is 584 g/mol. The Hall–Kier alpha value is -3.28. The predicted molar refractivity (Wildman–Crippen MR) is 146 cm³/mol. The highest BCUT2D eigenvalue weighted by molar-refractivity contribution is 5.75. The number of nitrogens with zero attached hydrogens (tertiary/aromatic N) is 2. The Morgan fingerprint density at radius 2 is 1.44 bits per heavy atom. The van der Waals surface area contributed by atoms with E-state index < -0.39 is 29.9 Å². The van der Waals surface area contributed by atoms with Gasteiger partial charge in [0.15, 0.2) is 0 Å². The van der Waals surface area contributed by atoms with E-state index in [9.17, 15) is 31.4 Å². The number of hydrogen-bond donors (Lipinski definition) is 1. The van der Waals surface area contributed by atoms with Gasteiger partial charge in [0.25, 0.3) is 0 Å². The maximum atomic E-state index is 13.8. The van der Waals surface area contributed by atoms with Crippen molar-refractivity contribution in [2.24, 2.45) is 0 Å². The van der Waals surface area contributed by atoms with E-state index in [-0.39, 0.29) is 35.8 Å². The molecule has 0 aliphatic rings. The van der Waals surface area contributed by atoms with Crippen LogP contribution in [0.4, 0.5) is 32.0 Å². The van der Waals surface area contributed by atoms with E-state index in [0.29, 0.717) is 16.9 Å². The first-order valence-corrected chi connectivity index (χ1v) is 12.8. The van der Waals surface area contributed by atoms with Crippen molar-refractivity contribution in [2.75, 3.05) is 33.2 Å². The Labute approximate surface area is 235 Å². The molecule has 0 fully saturated rings. The molecule has 0 saturated carbocycles. The van der Waals surface area contributed by atoms with Gasteiger partial charge >= 0.3 is 12.4 Å². The fourth-order valence-corrected chi connectivity index (χ4v) is 4.46. The third kappa shape index (κ3) is 7.93. The van der Waals surface area contributed by atoms with Crippen LogP contribution in [-0.2, 0) is 30.2 Å². The summed E-state index contributed by atoms with van der Waals surface area (Å²) in [4.78, 5) is 2.77. The van der Waals surface area contributed by atoms with Gasteiger partial charge in [-0.2, -0.15) is 26.3 Å². The van der Waals surface area contributed by atoms with Gasteiger partial charge in [-0.25, -0.2) is 4.90 Å².